The minimum atomic E-state index is -0.397. The van der Waals surface area contributed by atoms with E-state index in [2.05, 4.69) is 34.7 Å². The van der Waals surface area contributed by atoms with Gasteiger partial charge in [-0.05, 0) is 36.6 Å². The summed E-state index contributed by atoms with van der Waals surface area (Å²) in [5, 5.41) is 16.0. The number of nitrogens with zero attached hydrogens (tertiary/aromatic N) is 3. The quantitative estimate of drug-likeness (QED) is 0.278. The van der Waals surface area contributed by atoms with Crippen LogP contribution in [-0.2, 0) is 11.8 Å². The van der Waals surface area contributed by atoms with Crippen molar-refractivity contribution in [2.45, 2.75) is 31.5 Å². The average molecular weight is 575 g/mol. The Morgan fingerprint density at radius 2 is 1.69 bits per heavy atom. The third-order valence-corrected chi connectivity index (χ3v) is 7.08. The van der Waals surface area contributed by atoms with Gasteiger partial charge in [-0.25, -0.2) is 0 Å². The Hall–Kier alpha value is -1.97. The molecule has 186 valence electrons. The van der Waals surface area contributed by atoms with E-state index >= 15 is 0 Å². The fourth-order valence-electron chi connectivity index (χ4n) is 3.30. The molecular formula is C23H23Cl4N5O2S. The Balaban J connectivity index is 1.71. The van der Waals surface area contributed by atoms with Gasteiger partial charge in [-0.1, -0.05) is 84.1 Å². The first-order valence-electron chi connectivity index (χ1n) is 10.6. The molecule has 0 unspecified atom stereocenters. The molecule has 1 atom stereocenters. The Bertz CT molecular complexity index is 1210. The molecule has 2 amide bonds. The molecule has 0 aliphatic heterocycles. The molecule has 2 N–H and O–H groups in total. The van der Waals surface area contributed by atoms with Crippen LogP contribution >= 0.6 is 58.2 Å². The summed E-state index contributed by atoms with van der Waals surface area (Å²) in [6.07, 6.45) is 0.640. The van der Waals surface area contributed by atoms with Crippen molar-refractivity contribution >= 4 is 75.7 Å². The van der Waals surface area contributed by atoms with Crippen molar-refractivity contribution in [1.82, 2.24) is 20.1 Å². The Labute approximate surface area is 227 Å². The Morgan fingerprint density at radius 3 is 2.31 bits per heavy atom. The number of thioether (sulfide) groups is 1. The normalized spacial score (nSPS) is 12.0. The van der Waals surface area contributed by atoms with Gasteiger partial charge in [-0.15, -0.1) is 10.2 Å². The van der Waals surface area contributed by atoms with Gasteiger partial charge in [0.15, 0.2) is 11.0 Å². The summed E-state index contributed by atoms with van der Waals surface area (Å²) < 4.78 is 1.76. The van der Waals surface area contributed by atoms with E-state index in [9.17, 15) is 9.59 Å². The van der Waals surface area contributed by atoms with Crippen LogP contribution in [0.25, 0.3) is 0 Å². The maximum atomic E-state index is 12.9. The molecule has 0 spiro atoms. The van der Waals surface area contributed by atoms with E-state index in [0.717, 1.165) is 0 Å². The minimum absolute atomic E-state index is 0.0437. The number of carbonyl (C=O) groups excluding carboxylic acids is 2. The number of aromatic nitrogens is 3. The van der Waals surface area contributed by atoms with Crippen LogP contribution in [0, 0.1) is 5.92 Å². The molecule has 1 heterocycles. The summed E-state index contributed by atoms with van der Waals surface area (Å²) in [5.74, 6) is 0.276. The lowest BCUT2D eigenvalue weighted by Gasteiger charge is -2.20. The molecule has 0 bridgehead atoms. The molecule has 0 saturated carbocycles. The van der Waals surface area contributed by atoms with Crippen LogP contribution in [0.15, 0.2) is 41.6 Å². The highest BCUT2D eigenvalue weighted by atomic mass is 35.5. The van der Waals surface area contributed by atoms with Crippen molar-refractivity contribution in [1.29, 1.82) is 0 Å². The number of hydrogen-bond acceptors (Lipinski definition) is 5. The van der Waals surface area contributed by atoms with Gasteiger partial charge in [-0.3, -0.25) is 9.59 Å². The van der Waals surface area contributed by atoms with Crippen molar-refractivity contribution in [3.8, 4) is 0 Å². The summed E-state index contributed by atoms with van der Waals surface area (Å²) >= 11 is 25.6. The van der Waals surface area contributed by atoms with E-state index in [1.807, 2.05) is 0 Å². The predicted molar refractivity (Wildman–Crippen MR) is 143 cm³/mol. The number of anilines is 1. The summed E-state index contributed by atoms with van der Waals surface area (Å²) in [5.41, 5.74) is 0.678. The second-order valence-electron chi connectivity index (χ2n) is 8.12. The van der Waals surface area contributed by atoms with Crippen LogP contribution in [0.3, 0.4) is 0 Å². The zero-order valence-corrected chi connectivity index (χ0v) is 23.0. The molecule has 0 aliphatic carbocycles. The third kappa shape index (κ3) is 7.27. The molecule has 0 radical (unpaired) electrons. The van der Waals surface area contributed by atoms with E-state index in [4.69, 9.17) is 46.4 Å². The van der Waals surface area contributed by atoms with Gasteiger partial charge >= 0.3 is 0 Å². The third-order valence-electron chi connectivity index (χ3n) is 4.91. The highest BCUT2D eigenvalue weighted by molar-refractivity contribution is 7.99. The number of carbonyl (C=O) groups is 2. The highest BCUT2D eigenvalue weighted by Gasteiger charge is 2.24. The van der Waals surface area contributed by atoms with E-state index in [1.165, 1.54) is 23.9 Å². The lowest BCUT2D eigenvalue weighted by molar-refractivity contribution is -0.113. The Kier molecular flexibility index (Phi) is 9.72. The van der Waals surface area contributed by atoms with Crippen LogP contribution in [0.2, 0.25) is 20.1 Å². The minimum Gasteiger partial charge on any atom is -0.342 e. The van der Waals surface area contributed by atoms with Gasteiger partial charge < -0.3 is 15.2 Å². The molecule has 7 nitrogen and oxygen atoms in total. The molecule has 0 fully saturated rings. The lowest BCUT2D eigenvalue weighted by Crippen LogP contribution is -2.31. The number of hydrogen-bond donors (Lipinski definition) is 2. The van der Waals surface area contributed by atoms with Crippen LogP contribution in [-0.4, -0.2) is 32.3 Å². The van der Waals surface area contributed by atoms with Crippen LogP contribution in [0.4, 0.5) is 5.69 Å². The number of rotatable bonds is 9. The number of benzene rings is 2. The average Bonchev–Trinajstić information content (AvgIpc) is 3.14. The molecule has 12 heteroatoms. The molecule has 3 aromatic rings. The van der Waals surface area contributed by atoms with E-state index in [-0.39, 0.29) is 33.5 Å². The number of amides is 2. The lowest BCUT2D eigenvalue weighted by atomic mass is 10.0. The van der Waals surface area contributed by atoms with Gasteiger partial charge in [0, 0.05) is 12.1 Å². The topological polar surface area (TPSA) is 88.9 Å². The van der Waals surface area contributed by atoms with Crippen molar-refractivity contribution in [3.05, 3.63) is 67.9 Å². The molecule has 35 heavy (non-hydrogen) atoms. The molecule has 1 aromatic heterocycles. The van der Waals surface area contributed by atoms with Gasteiger partial charge in [0.2, 0.25) is 5.91 Å². The van der Waals surface area contributed by atoms with E-state index < -0.39 is 6.04 Å². The molecule has 3 rings (SSSR count). The maximum absolute atomic E-state index is 12.9. The van der Waals surface area contributed by atoms with E-state index in [1.54, 1.807) is 35.9 Å². The largest absolute Gasteiger partial charge is 0.342 e. The van der Waals surface area contributed by atoms with Crippen molar-refractivity contribution in [3.63, 3.8) is 0 Å². The number of nitrogens with one attached hydrogen (secondary N) is 2. The van der Waals surface area contributed by atoms with Crippen molar-refractivity contribution < 1.29 is 9.59 Å². The van der Waals surface area contributed by atoms with Crippen LogP contribution < -0.4 is 10.6 Å². The zero-order chi connectivity index (χ0) is 25.7. The maximum Gasteiger partial charge on any atom is 0.253 e. The van der Waals surface area contributed by atoms with Gasteiger partial charge in [0.25, 0.3) is 5.91 Å². The second-order valence-corrected chi connectivity index (χ2v) is 10.7. The summed E-state index contributed by atoms with van der Waals surface area (Å²) in [6.45, 7) is 4.11. The monoisotopic (exact) mass is 573 g/mol. The zero-order valence-electron chi connectivity index (χ0n) is 19.1. The first-order valence-corrected chi connectivity index (χ1v) is 13.1. The fourth-order valence-corrected chi connectivity index (χ4v) is 5.16. The van der Waals surface area contributed by atoms with Crippen LogP contribution in [0.5, 0.6) is 0 Å². The standard InChI is InChI=1S/C23H23Cl4N5O2S/c1-12(2)8-18(28-22(34)14-6-4-5-7-15(14)25)21-30-31-23(32(21)3)35-11-19(33)29-20-16(26)9-13(24)10-17(20)27/h4-7,9-10,12,18H,8,11H2,1-3H3,(H,28,34)(H,29,33)/t18-/m0/s1. The van der Waals surface area contributed by atoms with E-state index in [0.29, 0.717) is 38.7 Å². The molecular weight excluding hydrogens is 552 g/mol. The summed E-state index contributed by atoms with van der Waals surface area (Å²) in [6, 6.07) is 9.45. The van der Waals surface area contributed by atoms with Crippen molar-refractivity contribution in [2.24, 2.45) is 13.0 Å². The van der Waals surface area contributed by atoms with Crippen LogP contribution in [0.1, 0.15) is 42.5 Å². The SMILES string of the molecule is CC(C)C[C@H](NC(=O)c1ccccc1Cl)c1nnc(SCC(=O)Nc2c(Cl)cc(Cl)cc2Cl)n1C. The second kappa shape index (κ2) is 12.3. The van der Waals surface area contributed by atoms with Crippen molar-refractivity contribution in [2.75, 3.05) is 11.1 Å². The Morgan fingerprint density at radius 1 is 1.03 bits per heavy atom. The summed E-state index contributed by atoms with van der Waals surface area (Å²) in [4.78, 5) is 25.4. The number of halogens is 4. The summed E-state index contributed by atoms with van der Waals surface area (Å²) in [7, 11) is 1.79. The smallest absolute Gasteiger partial charge is 0.253 e. The molecule has 0 saturated heterocycles. The predicted octanol–water partition coefficient (Wildman–Crippen LogP) is 6.68. The molecule has 0 aliphatic rings. The van der Waals surface area contributed by atoms with Gasteiger partial charge in [0.05, 0.1) is 38.1 Å². The van der Waals surface area contributed by atoms with Gasteiger partial charge in [0.1, 0.15) is 0 Å². The van der Waals surface area contributed by atoms with Gasteiger partial charge in [-0.2, -0.15) is 0 Å². The highest BCUT2D eigenvalue weighted by Crippen LogP contribution is 2.34. The first kappa shape index (κ1) is 27.6. The fraction of sp³-hybridized carbons (Fsp3) is 0.304. The first-order chi connectivity index (χ1) is 16.6. The molecule has 2 aromatic carbocycles.